The van der Waals surface area contributed by atoms with Gasteiger partial charge < -0.3 is 0 Å². The fourth-order valence-electron chi connectivity index (χ4n) is 1.27. The normalized spacial score (nSPS) is 12.9. The van der Waals surface area contributed by atoms with Crippen molar-refractivity contribution in [1.82, 2.24) is 0 Å². The third-order valence-corrected chi connectivity index (χ3v) is 1.73. The zero-order valence-electron chi connectivity index (χ0n) is 12.3. The van der Waals surface area contributed by atoms with Gasteiger partial charge in [-0.05, 0) is 18.4 Å². The molecule has 0 saturated heterocycles. The Balaban J connectivity index is -0.000000183. The van der Waals surface area contributed by atoms with E-state index < -0.39 is 0 Å². The van der Waals surface area contributed by atoms with Gasteiger partial charge in [-0.3, -0.25) is 0 Å². The van der Waals surface area contributed by atoms with Crippen LogP contribution in [0.2, 0.25) is 6.82 Å². The van der Waals surface area contributed by atoms with Crippen molar-refractivity contribution in [3.8, 4) is 0 Å². The van der Waals surface area contributed by atoms with E-state index in [1.54, 1.807) is 5.57 Å². The van der Waals surface area contributed by atoms with Gasteiger partial charge in [0.15, 0.2) is 0 Å². The molecule has 0 atom stereocenters. The van der Waals surface area contributed by atoms with Gasteiger partial charge in [-0.1, -0.05) is 78.2 Å². The van der Waals surface area contributed by atoms with Gasteiger partial charge in [-0.25, -0.2) is 0 Å². The van der Waals surface area contributed by atoms with E-state index in [2.05, 4.69) is 32.2 Å². The first-order valence-corrected chi connectivity index (χ1v) is 6.59. The lowest BCUT2D eigenvalue weighted by atomic mass is 10.2. The van der Waals surface area contributed by atoms with Crippen LogP contribution in [0.25, 0.3) is 0 Å². The summed E-state index contributed by atoms with van der Waals surface area (Å²) < 4.78 is 0. The van der Waals surface area contributed by atoms with E-state index in [1.807, 2.05) is 41.5 Å². The molecule has 0 nitrogen and oxygen atoms in total. The summed E-state index contributed by atoms with van der Waals surface area (Å²) in [5.74, 6) is 0. The lowest BCUT2D eigenvalue weighted by Crippen LogP contribution is -1.69. The molecule has 2 rings (SSSR count). The third kappa shape index (κ3) is 8.58. The Morgan fingerprint density at radius 3 is 1.31 bits per heavy atom. The second-order valence-corrected chi connectivity index (χ2v) is 2.27. The Kier molecular flexibility index (Phi) is 25.6. The maximum atomic E-state index is 4.50. The van der Waals surface area contributed by atoms with Crippen LogP contribution >= 0.6 is 0 Å². The summed E-state index contributed by atoms with van der Waals surface area (Å²) in [6, 6.07) is 0. The molecule has 0 aliphatic heterocycles. The van der Waals surface area contributed by atoms with Crippen molar-refractivity contribution < 1.29 is 0 Å². The minimum Gasteiger partial charge on any atom is -0.0999 e. The van der Waals surface area contributed by atoms with Crippen LogP contribution < -0.4 is 0 Å². The first-order chi connectivity index (χ1) is 7.97. The molecule has 0 amide bonds. The van der Waals surface area contributed by atoms with Crippen molar-refractivity contribution >= 4 is 7.85 Å². The van der Waals surface area contributed by atoms with Gasteiger partial charge in [0.1, 0.15) is 0 Å². The van der Waals surface area contributed by atoms with Gasteiger partial charge in [-0.15, -0.1) is 0 Å². The van der Waals surface area contributed by atoms with Gasteiger partial charge >= 0.3 is 0 Å². The first-order valence-electron chi connectivity index (χ1n) is 6.59. The molecule has 0 spiro atoms. The van der Waals surface area contributed by atoms with Crippen LogP contribution in [0.5, 0.6) is 0 Å². The van der Waals surface area contributed by atoms with Crippen molar-refractivity contribution in [2.24, 2.45) is 0 Å². The summed E-state index contributed by atoms with van der Waals surface area (Å²) in [6.07, 6.45) is 11.3. The Morgan fingerprint density at radius 2 is 1.06 bits per heavy atom. The highest BCUT2D eigenvalue weighted by molar-refractivity contribution is 6.05. The number of rotatable bonds is 0. The van der Waals surface area contributed by atoms with Crippen molar-refractivity contribution in [3.63, 3.8) is 0 Å². The molecule has 1 heteroatoms. The monoisotopic (exact) mass is 220 g/mol. The van der Waals surface area contributed by atoms with Gasteiger partial charge in [0.05, 0.1) is 7.85 Å². The lowest BCUT2D eigenvalue weighted by Gasteiger charge is -1.88. The standard InChI is InChI=1S/C8H8.3C2H6.CH3B/c1-3-7-5-2-6-8(7)4-1;4*1-2/h1-3,5H,4,6H2;3*1-2H3;1H3. The molecular weight excluding hydrogens is 191 g/mol. The predicted octanol–water partition coefficient (Wildman–Crippen LogP) is 5.48. The molecule has 0 unspecified atom stereocenters. The van der Waals surface area contributed by atoms with E-state index in [1.165, 1.54) is 25.2 Å². The molecule has 0 bridgehead atoms. The van der Waals surface area contributed by atoms with Gasteiger partial charge in [0.25, 0.3) is 0 Å². The Morgan fingerprint density at radius 1 is 0.750 bits per heavy atom. The highest BCUT2D eigenvalue weighted by atomic mass is 14.1. The minimum absolute atomic E-state index is 1.20. The molecule has 92 valence electrons. The van der Waals surface area contributed by atoms with Crippen molar-refractivity contribution in [2.45, 2.75) is 61.2 Å². The molecular formula is C15H29B. The molecule has 2 radical (unpaired) electrons. The van der Waals surface area contributed by atoms with Crippen LogP contribution in [-0.2, 0) is 0 Å². The highest BCUT2D eigenvalue weighted by Gasteiger charge is 2.08. The SMILES string of the molecule is C1=CC2=C(C1)CC=C2.CC.CC.CC.[B]C. The molecule has 2 aliphatic carbocycles. The Labute approximate surface area is 105 Å². The molecule has 0 saturated carbocycles. The van der Waals surface area contributed by atoms with E-state index in [0.29, 0.717) is 0 Å². The van der Waals surface area contributed by atoms with E-state index >= 15 is 0 Å². The lowest BCUT2D eigenvalue weighted by molar-refractivity contribution is 1.15. The molecule has 0 heterocycles. The topological polar surface area (TPSA) is 0 Å². The molecule has 0 aromatic carbocycles. The van der Waals surface area contributed by atoms with Crippen LogP contribution in [0.4, 0.5) is 0 Å². The second-order valence-electron chi connectivity index (χ2n) is 2.27. The maximum Gasteiger partial charge on any atom is 0.0606 e. The highest BCUT2D eigenvalue weighted by Crippen LogP contribution is 2.27. The minimum atomic E-state index is 1.20. The molecule has 0 N–H and O–H groups in total. The summed E-state index contributed by atoms with van der Waals surface area (Å²) in [6.45, 7) is 13.5. The third-order valence-electron chi connectivity index (χ3n) is 1.73. The Hall–Kier alpha value is -0.715. The smallest absolute Gasteiger partial charge is 0.0606 e. The fourth-order valence-corrected chi connectivity index (χ4v) is 1.27. The average molecular weight is 220 g/mol. The van der Waals surface area contributed by atoms with Gasteiger partial charge in [-0.2, -0.15) is 0 Å². The maximum absolute atomic E-state index is 4.50. The summed E-state index contributed by atoms with van der Waals surface area (Å²) in [7, 11) is 4.50. The molecule has 16 heavy (non-hydrogen) atoms. The Bertz CT molecular complexity index is 177. The van der Waals surface area contributed by atoms with E-state index in [4.69, 9.17) is 0 Å². The van der Waals surface area contributed by atoms with Crippen molar-refractivity contribution in [1.29, 1.82) is 0 Å². The number of hydrogen-bond acceptors (Lipinski definition) is 0. The van der Waals surface area contributed by atoms with Crippen LogP contribution in [-0.4, -0.2) is 7.85 Å². The zero-order valence-corrected chi connectivity index (χ0v) is 12.3. The zero-order chi connectivity index (χ0) is 13.4. The largest absolute Gasteiger partial charge is 0.0999 e. The molecule has 0 aromatic rings. The quantitative estimate of drug-likeness (QED) is 0.474. The van der Waals surface area contributed by atoms with E-state index in [-0.39, 0.29) is 0 Å². The van der Waals surface area contributed by atoms with E-state index in [9.17, 15) is 0 Å². The fraction of sp³-hybridized carbons (Fsp3) is 0.600. The summed E-state index contributed by atoms with van der Waals surface area (Å²) in [5.41, 5.74) is 3.06. The van der Waals surface area contributed by atoms with Crippen LogP contribution in [0.15, 0.2) is 35.5 Å². The van der Waals surface area contributed by atoms with Gasteiger partial charge in [0, 0.05) is 0 Å². The molecule has 0 aromatic heterocycles. The van der Waals surface area contributed by atoms with Crippen LogP contribution in [0.1, 0.15) is 54.4 Å². The predicted molar refractivity (Wildman–Crippen MR) is 80.2 cm³/mol. The first kappa shape index (κ1) is 20.7. The van der Waals surface area contributed by atoms with Crippen LogP contribution in [0.3, 0.4) is 0 Å². The average Bonchev–Trinajstić information content (AvgIpc) is 3.02. The number of allylic oxidation sites excluding steroid dienone is 6. The second kappa shape index (κ2) is 19.8. The number of hydrogen-bond donors (Lipinski definition) is 0. The van der Waals surface area contributed by atoms with Crippen molar-refractivity contribution in [2.75, 3.05) is 0 Å². The summed E-state index contributed by atoms with van der Waals surface area (Å²) in [4.78, 5) is 0. The van der Waals surface area contributed by atoms with Crippen molar-refractivity contribution in [3.05, 3.63) is 35.5 Å². The summed E-state index contributed by atoms with van der Waals surface area (Å²) >= 11 is 0. The van der Waals surface area contributed by atoms with E-state index in [0.717, 1.165) is 0 Å². The summed E-state index contributed by atoms with van der Waals surface area (Å²) in [5, 5.41) is 0. The van der Waals surface area contributed by atoms with Crippen LogP contribution in [0, 0.1) is 0 Å². The molecule has 2 aliphatic rings. The molecule has 0 fully saturated rings. The van der Waals surface area contributed by atoms with Gasteiger partial charge in [0.2, 0.25) is 0 Å².